The molecule has 1 unspecified atom stereocenters. The van der Waals surface area contributed by atoms with Gasteiger partial charge in [0.05, 0.1) is 13.2 Å². The molecule has 0 bridgehead atoms. The van der Waals surface area contributed by atoms with Crippen LogP contribution in [0.25, 0.3) is 0 Å². The van der Waals surface area contributed by atoms with E-state index >= 15 is 0 Å². The third kappa shape index (κ3) is 5.75. The molecule has 0 radical (unpaired) electrons. The lowest BCUT2D eigenvalue weighted by atomic mass is 10.1. The van der Waals surface area contributed by atoms with E-state index in [9.17, 15) is 4.79 Å². The number of hydrogen-bond donors (Lipinski definition) is 2. The van der Waals surface area contributed by atoms with Gasteiger partial charge in [-0.15, -0.1) is 0 Å². The molecule has 1 amide bonds. The lowest BCUT2D eigenvalue weighted by molar-refractivity contribution is -0.121. The van der Waals surface area contributed by atoms with Gasteiger partial charge in [0.15, 0.2) is 0 Å². The van der Waals surface area contributed by atoms with Crippen molar-refractivity contribution in [2.45, 2.75) is 25.9 Å². The molecule has 0 spiro atoms. The Hall–Kier alpha value is -2.33. The highest BCUT2D eigenvalue weighted by molar-refractivity contribution is 5.76. The van der Waals surface area contributed by atoms with E-state index in [0.29, 0.717) is 13.0 Å². The van der Waals surface area contributed by atoms with E-state index < -0.39 is 0 Å². The van der Waals surface area contributed by atoms with Gasteiger partial charge >= 0.3 is 0 Å². The number of carbonyl (C=O) groups is 1. The summed E-state index contributed by atoms with van der Waals surface area (Å²) in [6, 6.07) is 17.9. The third-order valence-electron chi connectivity index (χ3n) is 3.69. The lowest BCUT2D eigenvalue weighted by Crippen LogP contribution is -2.29. The Morgan fingerprint density at radius 1 is 1.09 bits per heavy atom. The molecule has 1 atom stereocenters. The summed E-state index contributed by atoms with van der Waals surface area (Å²) in [5, 5.41) is 6.30. The van der Waals surface area contributed by atoms with E-state index in [1.807, 2.05) is 61.5 Å². The zero-order chi connectivity index (χ0) is 16.5. The number of hydrogen-bond acceptors (Lipinski definition) is 3. The summed E-state index contributed by atoms with van der Waals surface area (Å²) in [6.07, 6.45) is 0.466. The fraction of sp³-hybridized carbons (Fsp3) is 0.316. The molecular formula is C19H24N2O2. The number of benzene rings is 2. The van der Waals surface area contributed by atoms with Gasteiger partial charge in [0, 0.05) is 19.5 Å². The van der Waals surface area contributed by atoms with Crippen molar-refractivity contribution in [1.82, 2.24) is 10.6 Å². The summed E-state index contributed by atoms with van der Waals surface area (Å²) in [5.41, 5.74) is 2.29. The van der Waals surface area contributed by atoms with Gasteiger partial charge in [-0.1, -0.05) is 42.5 Å². The standard InChI is InChI=1S/C19H24N2O2/c1-15(17-6-4-3-5-7-17)21-19(22)12-13-20-14-16-8-10-18(23-2)11-9-16/h3-11,15,20H,12-14H2,1-2H3,(H,21,22). The zero-order valence-electron chi connectivity index (χ0n) is 13.7. The Labute approximate surface area is 137 Å². The first-order chi connectivity index (χ1) is 11.2. The minimum atomic E-state index is 0.0327. The minimum absolute atomic E-state index is 0.0327. The van der Waals surface area contributed by atoms with Crippen molar-refractivity contribution in [2.75, 3.05) is 13.7 Å². The van der Waals surface area contributed by atoms with Crippen LogP contribution in [0.3, 0.4) is 0 Å². The molecule has 2 rings (SSSR count). The molecule has 4 heteroatoms. The second kappa shape index (κ2) is 8.96. The van der Waals surface area contributed by atoms with Crippen LogP contribution in [0.1, 0.15) is 30.5 Å². The van der Waals surface area contributed by atoms with E-state index in [-0.39, 0.29) is 11.9 Å². The van der Waals surface area contributed by atoms with Crippen LogP contribution in [0.15, 0.2) is 54.6 Å². The fourth-order valence-corrected chi connectivity index (χ4v) is 2.32. The van der Waals surface area contributed by atoms with E-state index in [0.717, 1.165) is 17.9 Å². The lowest BCUT2D eigenvalue weighted by Gasteiger charge is -2.14. The van der Waals surface area contributed by atoms with Crippen LogP contribution in [0, 0.1) is 0 Å². The van der Waals surface area contributed by atoms with E-state index in [4.69, 9.17) is 4.74 Å². The highest BCUT2D eigenvalue weighted by atomic mass is 16.5. The van der Waals surface area contributed by atoms with Crippen LogP contribution in [-0.4, -0.2) is 19.6 Å². The molecule has 0 saturated heterocycles. The molecule has 122 valence electrons. The molecule has 0 aromatic heterocycles. The maximum Gasteiger partial charge on any atom is 0.221 e. The van der Waals surface area contributed by atoms with E-state index in [1.165, 1.54) is 5.56 Å². The molecule has 0 fully saturated rings. The largest absolute Gasteiger partial charge is 0.497 e. The number of amides is 1. The van der Waals surface area contributed by atoms with Gasteiger partial charge in [0.1, 0.15) is 5.75 Å². The number of methoxy groups -OCH3 is 1. The second-order valence-corrected chi connectivity index (χ2v) is 5.47. The summed E-state index contributed by atoms with van der Waals surface area (Å²) >= 11 is 0. The van der Waals surface area contributed by atoms with Crippen LogP contribution in [0.4, 0.5) is 0 Å². The first kappa shape index (κ1) is 17.0. The van der Waals surface area contributed by atoms with Gasteiger partial charge in [0.25, 0.3) is 0 Å². The molecule has 2 aromatic carbocycles. The predicted molar refractivity (Wildman–Crippen MR) is 92.3 cm³/mol. The maximum atomic E-state index is 12.0. The first-order valence-electron chi connectivity index (χ1n) is 7.87. The number of carbonyl (C=O) groups excluding carboxylic acids is 1. The van der Waals surface area contributed by atoms with Crippen molar-refractivity contribution in [2.24, 2.45) is 0 Å². The van der Waals surface area contributed by atoms with Crippen molar-refractivity contribution in [1.29, 1.82) is 0 Å². The zero-order valence-corrected chi connectivity index (χ0v) is 13.7. The van der Waals surface area contributed by atoms with Crippen LogP contribution < -0.4 is 15.4 Å². The first-order valence-corrected chi connectivity index (χ1v) is 7.87. The molecule has 0 aliphatic carbocycles. The molecule has 0 aliphatic rings. The molecule has 0 saturated carbocycles. The fourth-order valence-electron chi connectivity index (χ4n) is 2.32. The summed E-state index contributed by atoms with van der Waals surface area (Å²) < 4.78 is 5.13. The normalized spacial score (nSPS) is 11.7. The van der Waals surface area contributed by atoms with Crippen molar-refractivity contribution < 1.29 is 9.53 Å². The van der Waals surface area contributed by atoms with Crippen LogP contribution in [-0.2, 0) is 11.3 Å². The predicted octanol–water partition coefficient (Wildman–Crippen LogP) is 3.05. The van der Waals surface area contributed by atoms with Gasteiger partial charge in [-0.05, 0) is 30.2 Å². The van der Waals surface area contributed by atoms with Gasteiger partial charge in [0.2, 0.25) is 5.91 Å². The summed E-state index contributed by atoms with van der Waals surface area (Å²) in [5.74, 6) is 0.909. The van der Waals surface area contributed by atoms with Gasteiger partial charge in [-0.2, -0.15) is 0 Å². The minimum Gasteiger partial charge on any atom is -0.497 e. The maximum absolute atomic E-state index is 12.0. The quantitative estimate of drug-likeness (QED) is 0.737. The van der Waals surface area contributed by atoms with Crippen molar-refractivity contribution >= 4 is 5.91 Å². The monoisotopic (exact) mass is 312 g/mol. The topological polar surface area (TPSA) is 50.4 Å². The Morgan fingerprint density at radius 2 is 1.78 bits per heavy atom. The van der Waals surface area contributed by atoms with Crippen LogP contribution >= 0.6 is 0 Å². The molecule has 4 nitrogen and oxygen atoms in total. The van der Waals surface area contributed by atoms with Crippen LogP contribution in [0.5, 0.6) is 5.75 Å². The Bertz CT molecular complexity index is 597. The molecule has 23 heavy (non-hydrogen) atoms. The summed E-state index contributed by atoms with van der Waals surface area (Å²) in [6.45, 7) is 3.39. The molecule has 0 aliphatic heterocycles. The average Bonchev–Trinajstić information content (AvgIpc) is 2.60. The number of ether oxygens (including phenoxy) is 1. The molecular weight excluding hydrogens is 288 g/mol. The number of rotatable bonds is 8. The SMILES string of the molecule is COc1ccc(CNCCC(=O)NC(C)c2ccccc2)cc1. The molecule has 2 N–H and O–H groups in total. The molecule has 0 heterocycles. The Kier molecular flexibility index (Phi) is 6.63. The highest BCUT2D eigenvalue weighted by Crippen LogP contribution is 2.12. The van der Waals surface area contributed by atoms with E-state index in [1.54, 1.807) is 7.11 Å². The average molecular weight is 312 g/mol. The van der Waals surface area contributed by atoms with E-state index in [2.05, 4.69) is 10.6 Å². The Morgan fingerprint density at radius 3 is 2.43 bits per heavy atom. The summed E-state index contributed by atoms with van der Waals surface area (Å²) in [4.78, 5) is 12.0. The van der Waals surface area contributed by atoms with Gasteiger partial charge in [-0.25, -0.2) is 0 Å². The Balaban J connectivity index is 1.66. The highest BCUT2D eigenvalue weighted by Gasteiger charge is 2.08. The van der Waals surface area contributed by atoms with Crippen molar-refractivity contribution in [3.8, 4) is 5.75 Å². The third-order valence-corrected chi connectivity index (χ3v) is 3.69. The summed E-state index contributed by atoms with van der Waals surface area (Å²) in [7, 11) is 1.66. The van der Waals surface area contributed by atoms with Crippen LogP contribution in [0.2, 0.25) is 0 Å². The second-order valence-electron chi connectivity index (χ2n) is 5.47. The van der Waals surface area contributed by atoms with Gasteiger partial charge in [-0.3, -0.25) is 4.79 Å². The molecule has 2 aromatic rings. The van der Waals surface area contributed by atoms with Gasteiger partial charge < -0.3 is 15.4 Å². The van der Waals surface area contributed by atoms with Crippen molar-refractivity contribution in [3.63, 3.8) is 0 Å². The van der Waals surface area contributed by atoms with Crippen molar-refractivity contribution in [3.05, 3.63) is 65.7 Å². The smallest absolute Gasteiger partial charge is 0.221 e. The number of nitrogens with one attached hydrogen (secondary N) is 2.